The van der Waals surface area contributed by atoms with E-state index in [1.54, 1.807) is 0 Å². The molecule has 1 saturated carbocycles. The fourth-order valence-corrected chi connectivity index (χ4v) is 3.85. The van der Waals surface area contributed by atoms with Crippen LogP contribution in [0.2, 0.25) is 0 Å². The van der Waals surface area contributed by atoms with Crippen LogP contribution in [-0.4, -0.2) is 26.8 Å². The molecule has 0 amide bonds. The van der Waals surface area contributed by atoms with Crippen molar-refractivity contribution in [3.63, 3.8) is 0 Å². The summed E-state index contributed by atoms with van der Waals surface area (Å²) in [5, 5.41) is 8.97. The van der Waals surface area contributed by atoms with Crippen LogP contribution >= 0.6 is 11.8 Å². The number of nitrogens with zero attached hydrogens (tertiary/aromatic N) is 2. The molecule has 4 heteroatoms. The Morgan fingerprint density at radius 2 is 2.33 bits per heavy atom. The Morgan fingerprint density at radius 3 is 3.00 bits per heavy atom. The summed E-state index contributed by atoms with van der Waals surface area (Å²) in [6.07, 6.45) is 8.17. The van der Waals surface area contributed by atoms with Crippen LogP contribution < -0.4 is 5.32 Å². The second-order valence-electron chi connectivity index (χ2n) is 5.11. The SMILES string of the molecule is CCSC1CCC(NC(C)c2cnn(CC)c2)C1. The molecule has 0 aliphatic heterocycles. The predicted octanol–water partition coefficient (Wildman–Crippen LogP) is 3.23. The number of aryl methyl sites for hydroxylation is 1. The highest BCUT2D eigenvalue weighted by molar-refractivity contribution is 7.99. The van der Waals surface area contributed by atoms with Gasteiger partial charge in [-0.15, -0.1) is 0 Å². The number of hydrogen-bond acceptors (Lipinski definition) is 3. The molecule has 3 atom stereocenters. The van der Waals surface area contributed by atoms with E-state index in [1.165, 1.54) is 30.6 Å². The van der Waals surface area contributed by atoms with E-state index in [1.807, 2.05) is 10.9 Å². The highest BCUT2D eigenvalue weighted by Crippen LogP contribution is 2.30. The Balaban J connectivity index is 1.82. The van der Waals surface area contributed by atoms with Crippen LogP contribution in [0.3, 0.4) is 0 Å². The van der Waals surface area contributed by atoms with Gasteiger partial charge in [0.05, 0.1) is 6.20 Å². The van der Waals surface area contributed by atoms with Gasteiger partial charge < -0.3 is 5.32 Å². The van der Waals surface area contributed by atoms with Crippen molar-refractivity contribution >= 4 is 11.8 Å². The third kappa shape index (κ3) is 3.51. The summed E-state index contributed by atoms with van der Waals surface area (Å²) in [6, 6.07) is 1.11. The number of hydrogen-bond donors (Lipinski definition) is 1. The van der Waals surface area contributed by atoms with Crippen molar-refractivity contribution in [3.8, 4) is 0 Å². The van der Waals surface area contributed by atoms with E-state index in [-0.39, 0.29) is 0 Å². The quantitative estimate of drug-likeness (QED) is 0.858. The largest absolute Gasteiger partial charge is 0.307 e. The van der Waals surface area contributed by atoms with Gasteiger partial charge in [0.15, 0.2) is 0 Å². The standard InChI is InChI=1S/C14H25N3S/c1-4-17-10-12(9-15-17)11(3)16-13-6-7-14(8-13)18-5-2/h9-11,13-14,16H,4-8H2,1-3H3. The van der Waals surface area contributed by atoms with Crippen molar-refractivity contribution < 1.29 is 0 Å². The fraction of sp³-hybridized carbons (Fsp3) is 0.786. The number of rotatable bonds is 6. The minimum atomic E-state index is 0.417. The van der Waals surface area contributed by atoms with E-state index in [4.69, 9.17) is 0 Å². The van der Waals surface area contributed by atoms with Crippen molar-refractivity contribution in [2.75, 3.05) is 5.75 Å². The molecule has 102 valence electrons. The van der Waals surface area contributed by atoms with Gasteiger partial charge in [0.2, 0.25) is 0 Å². The third-order valence-electron chi connectivity index (χ3n) is 3.75. The lowest BCUT2D eigenvalue weighted by Crippen LogP contribution is -2.29. The van der Waals surface area contributed by atoms with E-state index in [2.05, 4.69) is 49.1 Å². The van der Waals surface area contributed by atoms with E-state index < -0.39 is 0 Å². The molecule has 1 N–H and O–H groups in total. The maximum absolute atomic E-state index is 4.35. The Labute approximate surface area is 115 Å². The molecule has 0 saturated heterocycles. The lowest BCUT2D eigenvalue weighted by atomic mass is 10.1. The molecule has 1 aromatic heterocycles. The molecular weight excluding hydrogens is 242 g/mol. The first-order valence-corrected chi connectivity index (χ1v) is 8.17. The van der Waals surface area contributed by atoms with Crippen LogP contribution in [0.1, 0.15) is 51.6 Å². The van der Waals surface area contributed by atoms with Gasteiger partial charge in [-0.1, -0.05) is 6.92 Å². The predicted molar refractivity (Wildman–Crippen MR) is 79.0 cm³/mol. The van der Waals surface area contributed by atoms with Crippen molar-refractivity contribution in [2.45, 2.75) is 63.9 Å². The lowest BCUT2D eigenvalue weighted by Gasteiger charge is -2.18. The lowest BCUT2D eigenvalue weighted by molar-refractivity contribution is 0.461. The maximum atomic E-state index is 4.35. The molecule has 1 heterocycles. The van der Waals surface area contributed by atoms with Gasteiger partial charge in [-0.05, 0) is 38.9 Å². The van der Waals surface area contributed by atoms with Crippen molar-refractivity contribution in [1.82, 2.24) is 15.1 Å². The van der Waals surface area contributed by atoms with Gasteiger partial charge in [0, 0.05) is 35.6 Å². The van der Waals surface area contributed by atoms with Gasteiger partial charge in [0.25, 0.3) is 0 Å². The zero-order valence-electron chi connectivity index (χ0n) is 11.7. The second kappa shape index (κ2) is 6.62. The smallest absolute Gasteiger partial charge is 0.0537 e. The Kier molecular flexibility index (Phi) is 5.13. The molecule has 1 aromatic rings. The molecule has 2 rings (SSSR count). The average Bonchev–Trinajstić information content (AvgIpc) is 2.98. The molecule has 1 aliphatic rings. The molecule has 1 aliphatic carbocycles. The van der Waals surface area contributed by atoms with E-state index in [0.29, 0.717) is 12.1 Å². The zero-order valence-corrected chi connectivity index (χ0v) is 12.5. The summed E-state index contributed by atoms with van der Waals surface area (Å²) in [5.74, 6) is 1.25. The molecule has 18 heavy (non-hydrogen) atoms. The van der Waals surface area contributed by atoms with Crippen LogP contribution in [-0.2, 0) is 6.54 Å². The van der Waals surface area contributed by atoms with E-state index >= 15 is 0 Å². The third-order valence-corrected chi connectivity index (χ3v) is 4.98. The minimum Gasteiger partial charge on any atom is -0.307 e. The van der Waals surface area contributed by atoms with Crippen molar-refractivity contribution in [1.29, 1.82) is 0 Å². The maximum Gasteiger partial charge on any atom is 0.0537 e. The highest BCUT2D eigenvalue weighted by atomic mass is 32.2. The Bertz CT molecular complexity index is 364. The van der Waals surface area contributed by atoms with E-state index in [0.717, 1.165) is 11.8 Å². The summed E-state index contributed by atoms with van der Waals surface area (Å²) in [5.41, 5.74) is 1.31. The number of nitrogens with one attached hydrogen (secondary N) is 1. The van der Waals surface area contributed by atoms with Crippen molar-refractivity contribution in [2.24, 2.45) is 0 Å². The summed E-state index contributed by atoms with van der Waals surface area (Å²) in [6.45, 7) is 7.58. The highest BCUT2D eigenvalue weighted by Gasteiger charge is 2.25. The van der Waals surface area contributed by atoms with Gasteiger partial charge in [0.1, 0.15) is 0 Å². The summed E-state index contributed by atoms with van der Waals surface area (Å²) < 4.78 is 2.00. The van der Waals surface area contributed by atoms with Gasteiger partial charge >= 0.3 is 0 Å². The number of aromatic nitrogens is 2. The first-order valence-electron chi connectivity index (χ1n) is 7.12. The topological polar surface area (TPSA) is 29.9 Å². The molecule has 0 spiro atoms. The monoisotopic (exact) mass is 267 g/mol. The molecule has 0 aromatic carbocycles. The number of thioether (sulfide) groups is 1. The van der Waals surface area contributed by atoms with Crippen LogP contribution in [0.15, 0.2) is 12.4 Å². The Morgan fingerprint density at radius 1 is 1.50 bits per heavy atom. The fourth-order valence-electron chi connectivity index (χ4n) is 2.70. The Hall–Kier alpha value is -0.480. The first kappa shape index (κ1) is 13.9. The average molecular weight is 267 g/mol. The first-order chi connectivity index (χ1) is 8.72. The molecule has 3 nitrogen and oxygen atoms in total. The van der Waals surface area contributed by atoms with Crippen LogP contribution in [0, 0.1) is 0 Å². The molecule has 3 unspecified atom stereocenters. The normalized spacial score (nSPS) is 25.5. The second-order valence-corrected chi connectivity index (χ2v) is 6.68. The van der Waals surface area contributed by atoms with Gasteiger partial charge in [-0.3, -0.25) is 4.68 Å². The zero-order chi connectivity index (χ0) is 13.0. The summed E-state index contributed by atoms with van der Waals surface area (Å²) in [4.78, 5) is 0. The van der Waals surface area contributed by atoms with E-state index in [9.17, 15) is 0 Å². The molecule has 1 fully saturated rings. The van der Waals surface area contributed by atoms with Crippen LogP contribution in [0.4, 0.5) is 0 Å². The van der Waals surface area contributed by atoms with Crippen LogP contribution in [0.5, 0.6) is 0 Å². The van der Waals surface area contributed by atoms with Crippen LogP contribution in [0.25, 0.3) is 0 Å². The molecule has 0 radical (unpaired) electrons. The molecule has 0 bridgehead atoms. The summed E-state index contributed by atoms with van der Waals surface area (Å²) >= 11 is 2.12. The minimum absolute atomic E-state index is 0.417. The van der Waals surface area contributed by atoms with Gasteiger partial charge in [-0.25, -0.2) is 0 Å². The molecular formula is C14H25N3S. The van der Waals surface area contributed by atoms with Crippen molar-refractivity contribution in [3.05, 3.63) is 18.0 Å². The summed E-state index contributed by atoms with van der Waals surface area (Å²) in [7, 11) is 0. The van der Waals surface area contributed by atoms with Gasteiger partial charge in [-0.2, -0.15) is 16.9 Å².